The summed E-state index contributed by atoms with van der Waals surface area (Å²) in [5.41, 5.74) is 39.2. The van der Waals surface area contributed by atoms with Crippen molar-refractivity contribution in [3.05, 3.63) is 56.8 Å². The Morgan fingerprint density at radius 3 is 2.00 bits per heavy atom. The van der Waals surface area contributed by atoms with Gasteiger partial charge in [0.2, 0.25) is 29.5 Å². The van der Waals surface area contributed by atoms with Crippen molar-refractivity contribution in [1.29, 1.82) is 0 Å². The molecular weight excluding hydrogens is 1520 g/mol. The summed E-state index contributed by atoms with van der Waals surface area (Å²) < 4.78 is 51.2. The smallest absolute Gasteiger partial charge is 0.404 e. The van der Waals surface area contributed by atoms with E-state index in [-0.39, 0.29) is 50.8 Å². The van der Waals surface area contributed by atoms with Gasteiger partial charge in [0.15, 0.2) is 49.9 Å². The number of aliphatic hydroxyl groups excluding tert-OH is 9. The zero-order chi connectivity index (χ0) is 82.0. The molecule has 7 rings (SSSR count). The summed E-state index contributed by atoms with van der Waals surface area (Å²) in [6.07, 6.45) is -33.9. The lowest BCUT2D eigenvalue weighted by Crippen LogP contribution is -2.65. The van der Waals surface area contributed by atoms with Crippen LogP contribution in [0.25, 0.3) is 10.7 Å². The van der Waals surface area contributed by atoms with Gasteiger partial charge in [-0.2, -0.15) is 0 Å². The second-order valence-corrected chi connectivity index (χ2v) is 28.1. The minimum atomic E-state index is -2.23. The van der Waals surface area contributed by atoms with Crippen LogP contribution in [-0.4, -0.2) is 305 Å². The summed E-state index contributed by atoms with van der Waals surface area (Å²) in [6.45, 7) is 8.17. The number of anilines is 1. The van der Waals surface area contributed by atoms with Gasteiger partial charge in [-0.1, -0.05) is 6.92 Å². The van der Waals surface area contributed by atoms with Gasteiger partial charge >= 0.3 is 6.09 Å². The van der Waals surface area contributed by atoms with Crippen molar-refractivity contribution in [2.75, 3.05) is 52.7 Å². The molecule has 620 valence electrons. The molecule has 4 aromatic rings. The molecule has 26 atom stereocenters. The van der Waals surface area contributed by atoms with E-state index >= 15 is 9.59 Å². The Kier molecular flexibility index (Phi) is 33.9. The maximum Gasteiger partial charge on any atom is 0.404 e. The molecule has 3 unspecified atom stereocenters. The largest absolute Gasteiger partial charge is 0.440 e. The number of nitrogens with two attached hydrogens (primary N) is 7. The van der Waals surface area contributed by atoms with Gasteiger partial charge in [-0.25, -0.2) is 29.7 Å². The average molecular weight is 1620 g/mol. The van der Waals surface area contributed by atoms with Crippen LogP contribution in [0.2, 0.25) is 0 Å². The van der Waals surface area contributed by atoms with Crippen LogP contribution >= 0.6 is 22.7 Å². The van der Waals surface area contributed by atoms with Crippen LogP contribution in [0.3, 0.4) is 0 Å². The summed E-state index contributed by atoms with van der Waals surface area (Å²) in [5.74, 6) is -9.85. The van der Waals surface area contributed by atoms with Crippen molar-refractivity contribution >= 4 is 75.9 Å². The number of nitrogen functional groups attached to an aromatic ring is 1. The molecule has 7 heterocycles. The summed E-state index contributed by atoms with van der Waals surface area (Å²) in [5, 5.41) is 124. The molecule has 48 heteroatoms. The summed E-state index contributed by atoms with van der Waals surface area (Å²) in [7, 11) is 2.09. The second-order valence-electron chi connectivity index (χ2n) is 26.3. The number of thiazole rings is 2. The molecule has 0 aliphatic carbocycles. The van der Waals surface area contributed by atoms with Crippen LogP contribution in [0.4, 0.5) is 10.6 Å². The highest BCUT2D eigenvalue weighted by atomic mass is 32.1. The first kappa shape index (κ1) is 90.2. The number of nitrogens with one attached hydrogen (secondary N) is 8. The number of ether oxygens (including phenoxy) is 9. The molecule has 111 heavy (non-hydrogen) atoms. The number of amides is 8. The fourth-order valence-corrected chi connectivity index (χ4v) is 13.2. The number of imidazole rings is 1. The lowest BCUT2D eigenvalue weighted by molar-refractivity contribution is -0.404. The van der Waals surface area contributed by atoms with Crippen molar-refractivity contribution in [3.63, 3.8) is 0 Å². The third-order valence-electron chi connectivity index (χ3n) is 18.1. The first-order chi connectivity index (χ1) is 52.5. The molecule has 3 saturated heterocycles. The molecule has 4 aromatic heterocycles. The van der Waals surface area contributed by atoms with Crippen LogP contribution in [0.1, 0.15) is 115 Å². The third kappa shape index (κ3) is 23.6. The van der Waals surface area contributed by atoms with Crippen molar-refractivity contribution < 1.29 is 127 Å². The molecule has 3 fully saturated rings. The van der Waals surface area contributed by atoms with Gasteiger partial charge in [0.1, 0.15) is 99.7 Å². The van der Waals surface area contributed by atoms with Crippen molar-refractivity contribution in [2.45, 2.75) is 214 Å². The average Bonchev–Trinajstić information content (AvgIpc) is 1.19. The summed E-state index contributed by atoms with van der Waals surface area (Å²) in [6, 6.07) is -9.62. The predicted molar refractivity (Wildman–Crippen MR) is 381 cm³/mol. The van der Waals surface area contributed by atoms with E-state index in [1.165, 1.54) is 31.5 Å². The number of aromatic nitrogens is 6. The van der Waals surface area contributed by atoms with Crippen LogP contribution in [0.15, 0.2) is 23.3 Å². The minimum Gasteiger partial charge on any atom is -0.440 e. The van der Waals surface area contributed by atoms with E-state index in [0.717, 1.165) is 82.7 Å². The quantitative estimate of drug-likeness (QED) is 0.0145. The number of methoxy groups -OCH3 is 2. The topological polar surface area (TPSA) is 748 Å². The monoisotopic (exact) mass is 1620 g/mol. The number of H-pyrrole nitrogens is 1. The normalized spacial score (nSPS) is 27.1. The molecule has 46 nitrogen and oxygen atoms in total. The molecule has 0 radical (unpaired) electrons. The zero-order valence-corrected chi connectivity index (χ0v) is 62.9. The number of primary amides is 3. The molecule has 0 spiro atoms. The highest BCUT2D eigenvalue weighted by Crippen LogP contribution is 2.36. The van der Waals surface area contributed by atoms with Gasteiger partial charge in [-0.3, -0.25) is 33.6 Å². The van der Waals surface area contributed by atoms with Gasteiger partial charge in [-0.05, 0) is 66.6 Å². The van der Waals surface area contributed by atoms with E-state index in [2.05, 4.69) is 67.1 Å². The highest BCUT2D eigenvalue weighted by molar-refractivity contribution is 7.14. The van der Waals surface area contributed by atoms with Gasteiger partial charge < -0.3 is 171 Å². The minimum absolute atomic E-state index is 0.0818. The fraction of sp³-hybridized carbons (Fsp3) is 0.667. The Bertz CT molecular complexity index is 3730. The highest BCUT2D eigenvalue weighted by Gasteiger charge is 2.55. The number of aliphatic hydroxyl groups is 9. The van der Waals surface area contributed by atoms with Gasteiger partial charge in [0.05, 0.1) is 66.6 Å². The standard InChI is InChI=1S/C63H100N20O26S2/c1-21-33(79-49(82-47(21)68)27(15-31(66)85)74-16-26(65)48(69)94)52(97)81-35(44(28-17-72-20-75-28)104-62-46(38(88)40(90)58(101-6)109-62)105-61-42(92)45(106-63(70)100)41(91)59(102-7)108-61)54(99)76-23(3)36(86)22(2)50(95)80-34(24(4)84)53(98)83-55(107-60-39(89)37(87)32(67)25(5)103-60)43(93)57-78-30(19-111-57)56-77-29(18-110-56)51(96)73-14-10-13-71-12-9-8-11-64/h17-20,22-27,32,34-46,55,58-62,71,74,84,86-93H,8-16,64-65,67H2,1-7H3,(H2,66,85)(H2,69,94)(H2,70,100)(H,72,75)(H,73,96)(H,76,99)(H,80,95)(H,81,97)(H,83,98)(H2,68,79,82)/t22-,23+,24-,25-,26-,27-,32+,34-,35-,36-,37+,38+,39+,40+,41+,42+,43?,44-,45+,46+,55?,58-,59+,60?,61+,62-/m0/s1. The molecule has 3 aliphatic rings. The Morgan fingerprint density at radius 2 is 1.36 bits per heavy atom. The number of hydrogen-bond donors (Lipinski definition) is 24. The number of rotatable bonds is 41. The van der Waals surface area contributed by atoms with Gasteiger partial charge in [0, 0.05) is 50.1 Å². The Morgan fingerprint density at radius 1 is 0.703 bits per heavy atom. The number of unbranched alkanes of at least 4 members (excludes halogenated alkanes) is 1. The van der Waals surface area contributed by atoms with Crippen LogP contribution in [0.5, 0.6) is 0 Å². The second kappa shape index (κ2) is 41.7. The first-order valence-corrected chi connectivity index (χ1v) is 36.6. The third-order valence-corrected chi connectivity index (χ3v) is 19.8. The van der Waals surface area contributed by atoms with E-state index in [1.807, 2.05) is 0 Å². The van der Waals surface area contributed by atoms with Crippen molar-refractivity contribution in [2.24, 2.45) is 40.3 Å². The molecular formula is C63H100N20O26S2. The lowest BCUT2D eigenvalue weighted by Gasteiger charge is -2.46. The first-order valence-electron chi connectivity index (χ1n) is 34.9. The Hall–Kier alpha value is -7.97. The number of nitrogens with zero attached hydrogens (tertiary/aromatic N) is 5. The van der Waals surface area contributed by atoms with E-state index < -0.39 is 219 Å². The van der Waals surface area contributed by atoms with E-state index in [1.54, 1.807) is 0 Å². The Balaban J connectivity index is 1.17. The fourth-order valence-electron chi connectivity index (χ4n) is 11.5. The van der Waals surface area contributed by atoms with Gasteiger partial charge in [0.25, 0.3) is 11.8 Å². The van der Waals surface area contributed by atoms with E-state index in [9.17, 15) is 74.7 Å². The summed E-state index contributed by atoms with van der Waals surface area (Å²) >= 11 is 1.91. The summed E-state index contributed by atoms with van der Waals surface area (Å²) in [4.78, 5) is 133. The van der Waals surface area contributed by atoms with Crippen molar-refractivity contribution in [1.82, 2.24) is 67.1 Å². The Labute approximate surface area is 641 Å². The van der Waals surface area contributed by atoms with Gasteiger partial charge in [-0.15, -0.1) is 22.7 Å². The van der Waals surface area contributed by atoms with Crippen LogP contribution < -0.4 is 77.4 Å². The molecule has 0 bridgehead atoms. The molecule has 8 amide bonds. The van der Waals surface area contributed by atoms with Crippen LogP contribution in [0, 0.1) is 12.8 Å². The van der Waals surface area contributed by atoms with E-state index in [0.29, 0.717) is 26.1 Å². The number of aromatic amines is 1. The number of carbonyl (C=O) groups excluding carboxylic acids is 8. The number of hydrogen-bond acceptors (Lipinski definition) is 39. The zero-order valence-electron chi connectivity index (χ0n) is 61.2. The van der Waals surface area contributed by atoms with Crippen LogP contribution in [-0.2, 0) is 66.6 Å². The SMILES string of the molecule is CO[C@H]1O[C@H](O[C@@H](c2cnc[nH]2)[C@H](NC(=O)c2nc([C@H](CC(N)=O)NC[C@H](N)C(N)=O)nc(N)c2C)C(=O)N[C@H](C)[C@@H](O)[C@H](C)C(=O)N[C@H](C(=O)NC(OC2O[C@@H](C)[C@@H](N)[C@@H](O)[C@H]2O)C(O)c2nc(-c3nc(C(=O)NCCCNCCCCN)cs3)cs2)[C@H](C)O)[C@H](O[C@@H]2O[C@@H](OC)[C@H](O)[C@@H](OC(N)=O)[C@H]2O)[C@H](O)[C@H]1O. The van der Waals surface area contributed by atoms with E-state index in [4.69, 9.17) is 82.8 Å². The van der Waals surface area contributed by atoms with Crippen molar-refractivity contribution in [3.8, 4) is 10.7 Å². The maximum absolute atomic E-state index is 15.4. The molecule has 0 saturated carbocycles. The molecule has 3 aliphatic heterocycles. The number of carbonyl (C=O) groups is 8. The molecule has 0 aromatic carbocycles. The maximum atomic E-state index is 15.4. The predicted octanol–water partition coefficient (Wildman–Crippen LogP) is -9.40. The lowest BCUT2D eigenvalue weighted by atomic mass is 9.96. The molecule has 31 N–H and O–H groups in total.